The Hall–Kier alpha value is -1.08. The fraction of sp³-hybridized carbons (Fsp3) is 0.375. The molecule has 0 radical (unpaired) electrons. The largest absolute Gasteiger partial charge is 0.477 e. The lowest BCUT2D eigenvalue weighted by molar-refractivity contribution is 0.0703. The molecule has 1 aliphatic heterocycles. The number of aryl methyl sites for hydroxylation is 1. The molecular formula is C8H9NO4S2. The van der Waals surface area contributed by atoms with Crippen molar-refractivity contribution in [1.82, 2.24) is 0 Å². The highest BCUT2D eigenvalue weighted by atomic mass is 32.2. The van der Waals surface area contributed by atoms with Crippen molar-refractivity contribution in [3.8, 4) is 0 Å². The predicted octanol–water partition coefficient (Wildman–Crippen LogP) is 0.499. The van der Waals surface area contributed by atoms with Crippen molar-refractivity contribution in [3.63, 3.8) is 0 Å². The maximum absolute atomic E-state index is 11.3. The summed E-state index contributed by atoms with van der Waals surface area (Å²) in [5.74, 6) is -1.14. The summed E-state index contributed by atoms with van der Waals surface area (Å²) < 4.78 is 22.7. The molecule has 0 aliphatic carbocycles. The second kappa shape index (κ2) is 3.21. The summed E-state index contributed by atoms with van der Waals surface area (Å²) in [7, 11) is -3.10. The van der Waals surface area contributed by atoms with E-state index in [1.165, 1.54) is 0 Å². The third kappa shape index (κ3) is 1.72. The van der Waals surface area contributed by atoms with Crippen LogP contribution >= 0.6 is 11.3 Å². The van der Waals surface area contributed by atoms with Crippen LogP contribution in [0.1, 0.15) is 20.1 Å². The molecule has 1 aliphatic rings. The van der Waals surface area contributed by atoms with E-state index in [0.717, 1.165) is 16.2 Å². The Kier molecular flexibility index (Phi) is 2.23. The molecule has 0 fully saturated rings. The average molecular weight is 247 g/mol. The summed E-state index contributed by atoms with van der Waals surface area (Å²) in [4.78, 5) is 11.6. The molecule has 0 amide bonds. The zero-order chi connectivity index (χ0) is 11.2. The zero-order valence-corrected chi connectivity index (χ0v) is 9.32. The van der Waals surface area contributed by atoms with Gasteiger partial charge >= 0.3 is 5.97 Å². The smallest absolute Gasteiger partial charge is 0.348 e. The summed E-state index contributed by atoms with van der Waals surface area (Å²) in [6, 6.07) is 0. The maximum atomic E-state index is 11.3. The van der Waals surface area contributed by atoms with Gasteiger partial charge in [-0.25, -0.2) is 13.2 Å². The van der Waals surface area contributed by atoms with Crippen LogP contribution in [0.2, 0.25) is 0 Å². The molecular weight excluding hydrogens is 238 g/mol. The van der Waals surface area contributed by atoms with Crippen molar-refractivity contribution in [2.24, 2.45) is 0 Å². The Morgan fingerprint density at radius 2 is 2.13 bits per heavy atom. The number of hydrogen-bond donors (Lipinski definition) is 2. The SMILES string of the molecule is Nc1c(C(=O)O)sc2c1CS(=O)(=O)CC2. The predicted molar refractivity (Wildman–Crippen MR) is 56.9 cm³/mol. The van der Waals surface area contributed by atoms with E-state index in [4.69, 9.17) is 10.8 Å². The number of thiophene rings is 1. The number of hydrogen-bond acceptors (Lipinski definition) is 5. The van der Waals surface area contributed by atoms with E-state index in [0.29, 0.717) is 12.0 Å². The Morgan fingerprint density at radius 3 is 2.73 bits per heavy atom. The second-order valence-corrected chi connectivity index (χ2v) is 6.68. The van der Waals surface area contributed by atoms with Crippen LogP contribution < -0.4 is 5.73 Å². The van der Waals surface area contributed by atoms with Crippen LogP contribution in [0, 0.1) is 0 Å². The second-order valence-electron chi connectivity index (χ2n) is 3.39. The van der Waals surface area contributed by atoms with Crippen LogP contribution in [0.25, 0.3) is 0 Å². The molecule has 2 rings (SSSR count). The van der Waals surface area contributed by atoms with E-state index < -0.39 is 15.8 Å². The number of anilines is 1. The molecule has 0 unspecified atom stereocenters. The highest BCUT2D eigenvalue weighted by Crippen LogP contribution is 2.35. The number of nitrogen functional groups attached to an aromatic ring is 1. The van der Waals surface area contributed by atoms with Gasteiger partial charge in [0.1, 0.15) is 4.88 Å². The van der Waals surface area contributed by atoms with Gasteiger partial charge in [-0.1, -0.05) is 0 Å². The van der Waals surface area contributed by atoms with Gasteiger partial charge in [0.15, 0.2) is 9.84 Å². The van der Waals surface area contributed by atoms with Crippen LogP contribution in [0.15, 0.2) is 0 Å². The molecule has 0 saturated heterocycles. The minimum atomic E-state index is -3.10. The molecule has 0 bridgehead atoms. The highest BCUT2D eigenvalue weighted by Gasteiger charge is 2.28. The quantitative estimate of drug-likeness (QED) is 0.753. The molecule has 2 heterocycles. The first-order valence-electron chi connectivity index (χ1n) is 4.24. The average Bonchev–Trinajstić information content (AvgIpc) is 2.42. The lowest BCUT2D eigenvalue weighted by Gasteiger charge is -2.11. The topological polar surface area (TPSA) is 97.5 Å². The van der Waals surface area contributed by atoms with Crippen molar-refractivity contribution >= 4 is 32.8 Å². The summed E-state index contributed by atoms with van der Waals surface area (Å²) in [6.45, 7) is 0. The Balaban J connectivity index is 2.56. The maximum Gasteiger partial charge on any atom is 0.348 e. The lowest BCUT2D eigenvalue weighted by Crippen LogP contribution is -2.18. The van der Waals surface area contributed by atoms with Gasteiger partial charge in [0.2, 0.25) is 0 Å². The zero-order valence-electron chi connectivity index (χ0n) is 7.69. The van der Waals surface area contributed by atoms with Crippen LogP contribution in [0.5, 0.6) is 0 Å². The first-order chi connectivity index (χ1) is 6.91. The number of sulfone groups is 1. The summed E-state index contributed by atoms with van der Waals surface area (Å²) in [5.41, 5.74) is 6.22. The monoisotopic (exact) mass is 247 g/mol. The normalized spacial score (nSPS) is 18.4. The molecule has 0 spiro atoms. The molecule has 0 atom stereocenters. The standard InChI is InChI=1S/C8H9NO4S2/c9-6-4-3-15(12,13)2-1-5(4)14-7(6)8(10)11/h1-3,9H2,(H,10,11). The molecule has 1 aromatic rings. The third-order valence-corrected chi connectivity index (χ3v) is 5.18. The number of nitrogens with two attached hydrogens (primary N) is 1. The first kappa shape index (κ1) is 10.4. The fourth-order valence-corrected chi connectivity index (χ4v) is 4.31. The van der Waals surface area contributed by atoms with Gasteiger partial charge in [0, 0.05) is 10.4 Å². The molecule has 5 nitrogen and oxygen atoms in total. The van der Waals surface area contributed by atoms with E-state index in [1.54, 1.807) is 0 Å². The molecule has 1 aromatic heterocycles. The number of carboxylic acid groups (broad SMARTS) is 1. The van der Waals surface area contributed by atoms with Crippen molar-refractivity contribution in [2.45, 2.75) is 12.2 Å². The van der Waals surface area contributed by atoms with Crippen molar-refractivity contribution in [1.29, 1.82) is 0 Å². The first-order valence-corrected chi connectivity index (χ1v) is 6.88. The van der Waals surface area contributed by atoms with Gasteiger partial charge < -0.3 is 10.8 Å². The Morgan fingerprint density at radius 1 is 1.47 bits per heavy atom. The van der Waals surface area contributed by atoms with Crippen LogP contribution in [-0.4, -0.2) is 25.2 Å². The molecule has 3 N–H and O–H groups in total. The van der Waals surface area contributed by atoms with Crippen LogP contribution in [0.3, 0.4) is 0 Å². The number of carboxylic acids is 1. The number of carbonyl (C=O) groups is 1. The van der Waals surface area contributed by atoms with E-state index in [9.17, 15) is 13.2 Å². The van der Waals surface area contributed by atoms with Gasteiger partial charge in [0.25, 0.3) is 0 Å². The Bertz CT molecular complexity index is 529. The molecule has 7 heteroatoms. The van der Waals surface area contributed by atoms with Crippen LogP contribution in [-0.2, 0) is 22.0 Å². The minimum Gasteiger partial charge on any atom is -0.477 e. The van der Waals surface area contributed by atoms with E-state index in [2.05, 4.69) is 0 Å². The molecule has 0 saturated carbocycles. The van der Waals surface area contributed by atoms with Gasteiger partial charge in [-0.2, -0.15) is 0 Å². The van der Waals surface area contributed by atoms with Crippen molar-refractivity contribution in [3.05, 3.63) is 15.3 Å². The highest BCUT2D eigenvalue weighted by molar-refractivity contribution is 7.90. The molecule has 15 heavy (non-hydrogen) atoms. The van der Waals surface area contributed by atoms with E-state index in [1.807, 2.05) is 0 Å². The number of rotatable bonds is 1. The lowest BCUT2D eigenvalue weighted by atomic mass is 10.2. The summed E-state index contributed by atoms with van der Waals surface area (Å²) in [6.07, 6.45) is 0.375. The van der Waals surface area contributed by atoms with Crippen molar-refractivity contribution in [2.75, 3.05) is 11.5 Å². The molecule has 82 valence electrons. The Labute approximate surface area is 90.4 Å². The van der Waals surface area contributed by atoms with Crippen LogP contribution in [0.4, 0.5) is 5.69 Å². The van der Waals surface area contributed by atoms with Crippen molar-refractivity contribution < 1.29 is 18.3 Å². The van der Waals surface area contributed by atoms with Gasteiger partial charge in [-0.15, -0.1) is 11.3 Å². The third-order valence-electron chi connectivity index (χ3n) is 2.33. The van der Waals surface area contributed by atoms with E-state index in [-0.39, 0.29) is 22.1 Å². The molecule has 0 aromatic carbocycles. The van der Waals surface area contributed by atoms with Gasteiger partial charge in [0.05, 0.1) is 17.2 Å². The number of fused-ring (bicyclic) bond motifs is 1. The minimum absolute atomic E-state index is 0.0529. The summed E-state index contributed by atoms with van der Waals surface area (Å²) in [5, 5.41) is 8.83. The fourth-order valence-electron chi connectivity index (χ4n) is 1.59. The van der Waals surface area contributed by atoms with E-state index >= 15 is 0 Å². The number of aromatic carboxylic acids is 1. The van der Waals surface area contributed by atoms with Gasteiger partial charge in [-0.3, -0.25) is 0 Å². The summed E-state index contributed by atoms with van der Waals surface area (Å²) >= 11 is 1.08. The van der Waals surface area contributed by atoms with Gasteiger partial charge in [-0.05, 0) is 6.42 Å².